The SMILES string of the molecule is CCCCOC(=O)c1ccc(N2C(=O)[C@H]3[C@H]4CC[C@@H](C4)[C@@H]3C2=O)cc1. The Morgan fingerprint density at radius 3 is 2.24 bits per heavy atom. The summed E-state index contributed by atoms with van der Waals surface area (Å²) in [4.78, 5) is 38.9. The zero-order valence-corrected chi connectivity index (χ0v) is 14.4. The fraction of sp³-hybridized carbons (Fsp3) is 0.550. The number of ether oxygens (including phenoxy) is 1. The number of hydrogen-bond acceptors (Lipinski definition) is 4. The quantitative estimate of drug-likeness (QED) is 0.469. The van der Waals surface area contributed by atoms with Gasteiger partial charge in [-0.25, -0.2) is 4.79 Å². The summed E-state index contributed by atoms with van der Waals surface area (Å²) in [6.07, 6.45) is 4.98. The fourth-order valence-corrected chi connectivity index (χ4v) is 4.80. The van der Waals surface area contributed by atoms with Crippen LogP contribution in [0.15, 0.2) is 24.3 Å². The highest BCUT2D eigenvalue weighted by Gasteiger charge is 2.61. The van der Waals surface area contributed by atoms with Crippen molar-refractivity contribution in [3.05, 3.63) is 29.8 Å². The molecule has 1 aromatic rings. The summed E-state index contributed by atoms with van der Waals surface area (Å²) in [6.45, 7) is 2.45. The predicted octanol–water partition coefficient (Wildman–Crippen LogP) is 3.18. The number of carbonyl (C=O) groups excluding carboxylic acids is 3. The molecule has 3 aliphatic rings. The summed E-state index contributed by atoms with van der Waals surface area (Å²) in [7, 11) is 0. The van der Waals surface area contributed by atoms with Crippen molar-refractivity contribution in [2.24, 2.45) is 23.7 Å². The Morgan fingerprint density at radius 1 is 1.08 bits per heavy atom. The molecule has 1 aliphatic heterocycles. The van der Waals surface area contributed by atoms with Crippen molar-refractivity contribution < 1.29 is 19.1 Å². The van der Waals surface area contributed by atoms with Gasteiger partial charge in [-0.15, -0.1) is 0 Å². The van der Waals surface area contributed by atoms with Crippen LogP contribution in [-0.2, 0) is 14.3 Å². The first-order valence-corrected chi connectivity index (χ1v) is 9.26. The number of carbonyl (C=O) groups is 3. The van der Waals surface area contributed by atoms with Gasteiger partial charge < -0.3 is 4.74 Å². The van der Waals surface area contributed by atoms with Crippen LogP contribution in [0.3, 0.4) is 0 Å². The minimum absolute atomic E-state index is 0.0551. The van der Waals surface area contributed by atoms with Crippen molar-refractivity contribution in [1.82, 2.24) is 0 Å². The lowest BCUT2D eigenvalue weighted by molar-refractivity contribution is -0.123. The van der Waals surface area contributed by atoms with Crippen LogP contribution in [0.25, 0.3) is 0 Å². The summed E-state index contributed by atoms with van der Waals surface area (Å²) in [5.41, 5.74) is 1.01. The molecule has 0 radical (unpaired) electrons. The number of fused-ring (bicyclic) bond motifs is 5. The van der Waals surface area contributed by atoms with Crippen LogP contribution < -0.4 is 4.90 Å². The highest BCUT2D eigenvalue weighted by Crippen LogP contribution is 2.56. The summed E-state index contributed by atoms with van der Waals surface area (Å²) in [6, 6.07) is 6.62. The van der Waals surface area contributed by atoms with E-state index in [1.807, 2.05) is 6.92 Å². The fourth-order valence-electron chi connectivity index (χ4n) is 4.80. The zero-order valence-electron chi connectivity index (χ0n) is 14.4. The molecule has 2 amide bonds. The Kier molecular flexibility index (Phi) is 4.10. The molecule has 5 nitrogen and oxygen atoms in total. The summed E-state index contributed by atoms with van der Waals surface area (Å²) >= 11 is 0. The maximum Gasteiger partial charge on any atom is 0.338 e. The van der Waals surface area contributed by atoms with E-state index in [2.05, 4.69) is 0 Å². The van der Waals surface area contributed by atoms with Crippen molar-refractivity contribution in [1.29, 1.82) is 0 Å². The largest absolute Gasteiger partial charge is 0.462 e. The molecule has 1 heterocycles. The summed E-state index contributed by atoms with van der Waals surface area (Å²) < 4.78 is 5.19. The van der Waals surface area contributed by atoms with Crippen molar-refractivity contribution in [3.8, 4) is 0 Å². The number of esters is 1. The lowest BCUT2D eigenvalue weighted by Crippen LogP contribution is -2.32. The maximum absolute atomic E-state index is 12.8. The smallest absolute Gasteiger partial charge is 0.338 e. The third kappa shape index (κ3) is 2.57. The van der Waals surface area contributed by atoms with E-state index in [1.54, 1.807) is 24.3 Å². The van der Waals surface area contributed by atoms with E-state index in [-0.39, 0.29) is 29.6 Å². The van der Waals surface area contributed by atoms with E-state index in [4.69, 9.17) is 4.74 Å². The summed E-state index contributed by atoms with van der Waals surface area (Å²) in [5.74, 6) is 0.0401. The average molecular weight is 341 g/mol. The Labute approximate surface area is 147 Å². The van der Waals surface area contributed by atoms with Crippen molar-refractivity contribution >= 4 is 23.5 Å². The minimum Gasteiger partial charge on any atom is -0.462 e. The molecule has 132 valence electrons. The van der Waals surface area contributed by atoms with E-state index in [9.17, 15) is 14.4 Å². The lowest BCUT2D eigenvalue weighted by atomic mass is 9.81. The highest BCUT2D eigenvalue weighted by atomic mass is 16.5. The molecule has 0 unspecified atom stereocenters. The number of anilines is 1. The van der Waals surface area contributed by atoms with E-state index in [0.29, 0.717) is 29.7 Å². The van der Waals surface area contributed by atoms with Gasteiger partial charge in [0, 0.05) is 0 Å². The molecule has 2 saturated carbocycles. The van der Waals surface area contributed by atoms with Crippen LogP contribution in [0.5, 0.6) is 0 Å². The number of amides is 2. The van der Waals surface area contributed by atoms with Crippen molar-refractivity contribution in [2.75, 3.05) is 11.5 Å². The second-order valence-electron chi connectivity index (χ2n) is 7.43. The number of hydrogen-bond donors (Lipinski definition) is 0. The van der Waals surface area contributed by atoms with Gasteiger partial charge in [-0.3, -0.25) is 14.5 Å². The van der Waals surface area contributed by atoms with Gasteiger partial charge >= 0.3 is 5.97 Å². The molecule has 4 rings (SSSR count). The van der Waals surface area contributed by atoms with E-state index >= 15 is 0 Å². The first kappa shape index (κ1) is 16.3. The second kappa shape index (κ2) is 6.28. The molecule has 25 heavy (non-hydrogen) atoms. The van der Waals surface area contributed by atoms with Crippen LogP contribution in [0.2, 0.25) is 0 Å². The van der Waals surface area contributed by atoms with Gasteiger partial charge in [-0.2, -0.15) is 0 Å². The Morgan fingerprint density at radius 2 is 1.68 bits per heavy atom. The average Bonchev–Trinajstić information content (AvgIpc) is 3.29. The van der Waals surface area contributed by atoms with Gasteiger partial charge in [0.15, 0.2) is 0 Å². The first-order chi connectivity index (χ1) is 12.1. The molecule has 1 aromatic carbocycles. The van der Waals surface area contributed by atoms with Crippen molar-refractivity contribution in [3.63, 3.8) is 0 Å². The van der Waals surface area contributed by atoms with E-state index in [0.717, 1.165) is 32.1 Å². The van der Waals surface area contributed by atoms with Crippen LogP contribution in [-0.4, -0.2) is 24.4 Å². The van der Waals surface area contributed by atoms with Crippen LogP contribution in [0, 0.1) is 23.7 Å². The van der Waals surface area contributed by atoms with Gasteiger partial charge in [0.25, 0.3) is 0 Å². The molecule has 3 fully saturated rings. The van der Waals surface area contributed by atoms with E-state index in [1.165, 1.54) is 4.90 Å². The second-order valence-corrected chi connectivity index (χ2v) is 7.43. The third-order valence-corrected chi connectivity index (χ3v) is 6.02. The molecule has 0 aromatic heterocycles. The minimum atomic E-state index is -0.367. The maximum atomic E-state index is 12.8. The highest BCUT2D eigenvalue weighted by molar-refractivity contribution is 6.22. The van der Waals surface area contributed by atoms with E-state index < -0.39 is 0 Å². The van der Waals surface area contributed by atoms with Gasteiger partial charge in [0.05, 0.1) is 29.7 Å². The first-order valence-electron chi connectivity index (χ1n) is 9.26. The number of benzene rings is 1. The van der Waals surface area contributed by atoms with Gasteiger partial charge in [-0.1, -0.05) is 13.3 Å². The van der Waals surface area contributed by atoms with Crippen molar-refractivity contribution in [2.45, 2.75) is 39.0 Å². The zero-order chi connectivity index (χ0) is 17.6. The van der Waals surface area contributed by atoms with Crippen LogP contribution >= 0.6 is 0 Å². The topological polar surface area (TPSA) is 63.7 Å². The van der Waals surface area contributed by atoms with Gasteiger partial charge in [0.2, 0.25) is 11.8 Å². The molecule has 0 N–H and O–H groups in total. The van der Waals surface area contributed by atoms with Crippen LogP contribution in [0.1, 0.15) is 49.4 Å². The predicted molar refractivity (Wildman–Crippen MR) is 91.9 cm³/mol. The Balaban J connectivity index is 1.50. The Hall–Kier alpha value is -2.17. The number of nitrogens with zero attached hydrogens (tertiary/aromatic N) is 1. The van der Waals surface area contributed by atoms with Crippen LogP contribution in [0.4, 0.5) is 5.69 Å². The normalized spacial score (nSPS) is 30.0. The molecule has 4 atom stereocenters. The molecule has 0 spiro atoms. The summed E-state index contributed by atoms with van der Waals surface area (Å²) in [5, 5.41) is 0. The van der Waals surface area contributed by atoms with Gasteiger partial charge in [-0.05, 0) is 61.8 Å². The molecule has 5 heteroatoms. The molecule has 2 bridgehead atoms. The number of unbranched alkanes of at least 4 members (excludes halogenated alkanes) is 1. The molecular formula is C20H23NO4. The Bertz CT molecular complexity index is 683. The number of rotatable bonds is 5. The standard InChI is InChI=1S/C20H23NO4/c1-2-3-10-25-20(24)12-6-8-15(9-7-12)21-18(22)16-13-4-5-14(11-13)17(16)19(21)23/h6-9,13-14,16-17H,2-5,10-11H2,1H3/t13-,14-,16-,17-/m0/s1. The third-order valence-electron chi connectivity index (χ3n) is 6.02. The number of imide groups is 1. The van der Waals surface area contributed by atoms with Gasteiger partial charge in [0.1, 0.15) is 0 Å². The lowest BCUT2D eigenvalue weighted by Gasteiger charge is -2.19. The molecule has 2 aliphatic carbocycles. The monoisotopic (exact) mass is 341 g/mol. The molecule has 1 saturated heterocycles. The molecular weight excluding hydrogens is 318 g/mol.